The highest BCUT2D eigenvalue weighted by molar-refractivity contribution is 5.95. The minimum absolute atomic E-state index is 0.0471. The molecule has 8 heteroatoms. The largest absolute Gasteiger partial charge is 0.504 e. The van der Waals surface area contributed by atoms with Crippen LogP contribution in [0.5, 0.6) is 5.75 Å². The van der Waals surface area contributed by atoms with E-state index in [1.54, 1.807) is 19.1 Å². The zero-order chi connectivity index (χ0) is 22.2. The predicted octanol–water partition coefficient (Wildman–Crippen LogP) is 3.28. The number of hydrogen-bond donors (Lipinski definition) is 2. The van der Waals surface area contributed by atoms with Gasteiger partial charge in [0, 0.05) is 26.1 Å². The zero-order valence-electron chi connectivity index (χ0n) is 17.8. The number of carbonyl (C=O) groups excluding carboxylic acids is 1. The van der Waals surface area contributed by atoms with Gasteiger partial charge in [0.25, 0.3) is 5.91 Å². The van der Waals surface area contributed by atoms with Crippen LogP contribution in [-0.4, -0.2) is 39.1 Å². The van der Waals surface area contributed by atoms with Gasteiger partial charge in [0.2, 0.25) is 0 Å². The monoisotopic (exact) mass is 433 g/mol. The fraction of sp³-hybridized carbons (Fsp3) is 0.292. The third-order valence-corrected chi connectivity index (χ3v) is 6.04. The number of anilines is 1. The zero-order valence-corrected chi connectivity index (χ0v) is 17.8. The first-order chi connectivity index (χ1) is 15.5. The summed E-state index contributed by atoms with van der Waals surface area (Å²) in [6.07, 6.45) is 1.87. The fourth-order valence-corrected chi connectivity index (χ4v) is 4.20. The first-order valence-corrected chi connectivity index (χ1v) is 10.7. The quantitative estimate of drug-likeness (QED) is 0.643. The number of benzene rings is 2. The lowest BCUT2D eigenvalue weighted by Crippen LogP contribution is -2.51. The first kappa shape index (κ1) is 20.4. The van der Waals surface area contributed by atoms with Crippen molar-refractivity contribution in [1.29, 1.82) is 0 Å². The van der Waals surface area contributed by atoms with Gasteiger partial charge in [0.1, 0.15) is 11.9 Å². The second-order valence-electron chi connectivity index (χ2n) is 8.17. The third-order valence-electron chi connectivity index (χ3n) is 6.04. The van der Waals surface area contributed by atoms with Crippen molar-refractivity contribution in [1.82, 2.24) is 20.3 Å². The summed E-state index contributed by atoms with van der Waals surface area (Å²) < 4.78 is 13.1. The van der Waals surface area contributed by atoms with E-state index in [-0.39, 0.29) is 29.8 Å². The number of fused-ring (bicyclic) bond motifs is 1. The molecule has 3 heterocycles. The average Bonchev–Trinajstić information content (AvgIpc) is 3.13. The summed E-state index contributed by atoms with van der Waals surface area (Å²) in [4.78, 5) is 21.9. The van der Waals surface area contributed by atoms with E-state index in [2.05, 4.69) is 37.4 Å². The molecule has 0 bridgehead atoms. The van der Waals surface area contributed by atoms with E-state index in [1.807, 2.05) is 12.1 Å². The Morgan fingerprint density at radius 2 is 1.91 bits per heavy atom. The molecule has 32 heavy (non-hydrogen) atoms. The molecule has 0 spiro atoms. The molecule has 3 aromatic rings. The molecule has 2 N–H and O–H groups in total. The second-order valence-corrected chi connectivity index (χ2v) is 8.17. The highest BCUT2D eigenvalue weighted by atomic mass is 19.1. The number of rotatable bonds is 5. The Morgan fingerprint density at radius 1 is 1.16 bits per heavy atom. The van der Waals surface area contributed by atoms with Gasteiger partial charge in [-0.2, -0.15) is 0 Å². The van der Waals surface area contributed by atoms with Gasteiger partial charge in [-0.15, -0.1) is 0 Å². The van der Waals surface area contributed by atoms with E-state index in [0.717, 1.165) is 37.2 Å². The molecular weight excluding hydrogens is 409 g/mol. The smallest absolute Gasteiger partial charge is 0.274 e. The molecule has 164 valence electrons. The minimum Gasteiger partial charge on any atom is -0.504 e. The van der Waals surface area contributed by atoms with E-state index >= 15 is 0 Å². The number of hydrogen-bond acceptors (Lipinski definition) is 6. The lowest BCUT2D eigenvalue weighted by atomic mass is 10.1. The maximum absolute atomic E-state index is 13.1. The van der Waals surface area contributed by atoms with Crippen LogP contribution in [0.3, 0.4) is 0 Å². The van der Waals surface area contributed by atoms with Crippen LogP contribution in [0.2, 0.25) is 0 Å². The number of hydrazine groups is 1. The number of para-hydroxylation sites is 1. The van der Waals surface area contributed by atoms with Crippen LogP contribution in [0.4, 0.5) is 10.1 Å². The number of nitrogens with zero attached hydrogens (tertiary/aromatic N) is 4. The summed E-state index contributed by atoms with van der Waals surface area (Å²) in [5.74, 6) is -0.547. The fourth-order valence-electron chi connectivity index (χ4n) is 4.20. The van der Waals surface area contributed by atoms with Crippen LogP contribution in [0.1, 0.15) is 45.6 Å². The van der Waals surface area contributed by atoms with Gasteiger partial charge in [-0.25, -0.2) is 19.4 Å². The van der Waals surface area contributed by atoms with Gasteiger partial charge < -0.3 is 10.4 Å². The SMILES string of the molecule is Cc1nc(C2Cc3ccccc3N2N2CCC2)nc(C(=O)NCc2ccc(F)cc2)c1O. The highest BCUT2D eigenvalue weighted by Crippen LogP contribution is 2.42. The summed E-state index contributed by atoms with van der Waals surface area (Å²) in [7, 11) is 0. The Balaban J connectivity index is 1.43. The van der Waals surface area contributed by atoms with Crippen molar-refractivity contribution in [3.8, 4) is 5.75 Å². The van der Waals surface area contributed by atoms with E-state index in [0.29, 0.717) is 11.5 Å². The molecular formula is C24H24FN5O2. The van der Waals surface area contributed by atoms with E-state index in [9.17, 15) is 14.3 Å². The molecule has 0 saturated carbocycles. The predicted molar refractivity (Wildman–Crippen MR) is 118 cm³/mol. The van der Waals surface area contributed by atoms with Crippen LogP contribution in [0.15, 0.2) is 48.5 Å². The van der Waals surface area contributed by atoms with Crippen LogP contribution in [0.25, 0.3) is 0 Å². The Hall–Kier alpha value is -3.52. The third kappa shape index (κ3) is 3.67. The molecule has 1 amide bonds. The maximum Gasteiger partial charge on any atom is 0.274 e. The number of aromatic nitrogens is 2. The lowest BCUT2D eigenvalue weighted by molar-refractivity contribution is 0.0941. The molecule has 7 nitrogen and oxygen atoms in total. The number of amides is 1. The van der Waals surface area contributed by atoms with Crippen LogP contribution in [-0.2, 0) is 13.0 Å². The van der Waals surface area contributed by atoms with Gasteiger partial charge in [-0.3, -0.25) is 9.80 Å². The molecule has 1 atom stereocenters. The summed E-state index contributed by atoms with van der Waals surface area (Å²) in [5.41, 5.74) is 3.41. The molecule has 2 aliphatic rings. The molecule has 1 saturated heterocycles. The topological polar surface area (TPSA) is 81.6 Å². The van der Waals surface area contributed by atoms with Crippen LogP contribution in [0, 0.1) is 12.7 Å². The van der Waals surface area contributed by atoms with E-state index in [4.69, 9.17) is 0 Å². The van der Waals surface area contributed by atoms with Gasteiger partial charge in [-0.1, -0.05) is 30.3 Å². The number of nitrogens with one attached hydrogen (secondary N) is 1. The van der Waals surface area contributed by atoms with Crippen molar-refractivity contribution in [3.05, 3.63) is 82.7 Å². The Morgan fingerprint density at radius 3 is 2.62 bits per heavy atom. The minimum atomic E-state index is -0.496. The van der Waals surface area contributed by atoms with Crippen molar-refractivity contribution in [2.24, 2.45) is 0 Å². The number of halogens is 1. The van der Waals surface area contributed by atoms with Crippen LogP contribution < -0.4 is 10.3 Å². The van der Waals surface area contributed by atoms with Crippen molar-refractivity contribution < 1.29 is 14.3 Å². The highest BCUT2D eigenvalue weighted by Gasteiger charge is 2.38. The van der Waals surface area contributed by atoms with Gasteiger partial charge in [-0.05, 0) is 42.7 Å². The van der Waals surface area contributed by atoms with Crippen molar-refractivity contribution in [2.45, 2.75) is 32.4 Å². The Labute approximate surface area is 185 Å². The Bertz CT molecular complexity index is 1160. The average molecular weight is 433 g/mol. The number of aromatic hydroxyl groups is 1. The summed E-state index contributed by atoms with van der Waals surface area (Å²) in [6.45, 7) is 3.80. The van der Waals surface area contributed by atoms with Crippen molar-refractivity contribution in [2.75, 3.05) is 18.1 Å². The van der Waals surface area contributed by atoms with Crippen molar-refractivity contribution >= 4 is 11.6 Å². The first-order valence-electron chi connectivity index (χ1n) is 10.7. The molecule has 0 radical (unpaired) electrons. The molecule has 1 aromatic heterocycles. The summed E-state index contributed by atoms with van der Waals surface area (Å²) in [5, 5.41) is 17.8. The Kier molecular flexibility index (Phi) is 5.22. The number of carbonyl (C=O) groups is 1. The molecule has 1 fully saturated rings. The molecule has 5 rings (SSSR count). The summed E-state index contributed by atoms with van der Waals surface area (Å²) >= 11 is 0. The van der Waals surface area contributed by atoms with Crippen molar-refractivity contribution in [3.63, 3.8) is 0 Å². The second kappa shape index (κ2) is 8.20. The molecule has 2 aromatic carbocycles. The normalized spacial score (nSPS) is 17.7. The summed E-state index contributed by atoms with van der Waals surface area (Å²) in [6, 6.07) is 14.0. The van der Waals surface area contributed by atoms with E-state index < -0.39 is 5.91 Å². The van der Waals surface area contributed by atoms with Gasteiger partial charge >= 0.3 is 0 Å². The lowest BCUT2D eigenvalue weighted by Gasteiger charge is -2.43. The standard InChI is InChI=1S/C24H24FN5O2/c1-15-22(31)21(24(32)26-14-16-7-9-18(25)10-8-16)28-23(27-15)20-13-17-5-2-3-6-19(17)30(20)29-11-4-12-29/h2-3,5-10,20,31H,4,11-14H2,1H3,(H,26,32). The molecule has 2 aliphatic heterocycles. The van der Waals surface area contributed by atoms with E-state index in [1.165, 1.54) is 17.7 Å². The van der Waals surface area contributed by atoms with Gasteiger partial charge in [0.15, 0.2) is 17.3 Å². The number of aryl methyl sites for hydroxylation is 1. The maximum atomic E-state index is 13.1. The van der Waals surface area contributed by atoms with Gasteiger partial charge in [0.05, 0.1) is 11.4 Å². The molecule has 0 aliphatic carbocycles. The molecule has 1 unspecified atom stereocenters. The van der Waals surface area contributed by atoms with Crippen LogP contribution >= 0.6 is 0 Å².